The molecule has 0 aliphatic rings. The SMILES string of the molecule is COC[P+](c1ccccc1)(c1ccccc1)c1ccccc1.F.[F-]. The molecule has 0 fully saturated rings. The van der Waals surface area contributed by atoms with E-state index in [1.165, 1.54) is 15.9 Å². The van der Waals surface area contributed by atoms with Gasteiger partial charge in [-0.1, -0.05) is 54.6 Å². The first-order chi connectivity index (χ1) is 10.9. The topological polar surface area (TPSA) is 9.23 Å². The van der Waals surface area contributed by atoms with Gasteiger partial charge in [0.2, 0.25) is 0 Å². The van der Waals surface area contributed by atoms with Crippen molar-refractivity contribution in [1.29, 1.82) is 0 Å². The first-order valence-corrected chi connectivity index (χ1v) is 9.39. The average Bonchev–Trinajstić information content (AvgIpc) is 2.62. The van der Waals surface area contributed by atoms with Crippen molar-refractivity contribution in [3.63, 3.8) is 0 Å². The van der Waals surface area contributed by atoms with E-state index in [4.69, 9.17) is 4.74 Å². The normalized spacial score (nSPS) is 10.4. The average molecular weight is 346 g/mol. The van der Waals surface area contributed by atoms with Gasteiger partial charge in [-0.05, 0) is 36.4 Å². The Labute approximate surface area is 142 Å². The maximum absolute atomic E-state index is 5.72. The Morgan fingerprint density at radius 1 is 0.625 bits per heavy atom. The zero-order valence-corrected chi connectivity index (χ0v) is 14.4. The van der Waals surface area contributed by atoms with Crippen LogP contribution in [0.3, 0.4) is 0 Å². The molecule has 0 atom stereocenters. The molecule has 3 aromatic carbocycles. The predicted octanol–water partition coefficient (Wildman–Crippen LogP) is 0.741. The Hall–Kier alpha value is -2.09. The molecule has 0 N–H and O–H groups in total. The highest BCUT2D eigenvalue weighted by molar-refractivity contribution is 7.95. The lowest BCUT2D eigenvalue weighted by Gasteiger charge is -2.26. The minimum atomic E-state index is -1.78. The molecule has 0 radical (unpaired) electrons. The third kappa shape index (κ3) is 3.69. The first kappa shape index (κ1) is 20.0. The smallest absolute Gasteiger partial charge is 0.170 e. The molecule has 3 rings (SSSR count). The molecule has 0 saturated carbocycles. The third-order valence-electron chi connectivity index (χ3n) is 3.91. The Bertz CT molecular complexity index is 609. The minimum absolute atomic E-state index is 0. The van der Waals surface area contributed by atoms with Crippen LogP contribution in [-0.4, -0.2) is 13.5 Å². The van der Waals surface area contributed by atoms with Crippen molar-refractivity contribution < 1.29 is 14.1 Å². The van der Waals surface area contributed by atoms with E-state index in [-0.39, 0.29) is 9.41 Å². The lowest BCUT2D eigenvalue weighted by molar-refractivity contribution is -0.00000539. The van der Waals surface area contributed by atoms with Crippen LogP contribution in [-0.2, 0) is 4.74 Å². The molecule has 0 saturated heterocycles. The molecule has 4 heteroatoms. The van der Waals surface area contributed by atoms with Gasteiger partial charge in [0.15, 0.2) is 6.35 Å². The molecular weight excluding hydrogens is 325 g/mol. The van der Waals surface area contributed by atoms with Crippen LogP contribution < -0.4 is 20.6 Å². The maximum atomic E-state index is 5.72. The van der Waals surface area contributed by atoms with Crippen LogP contribution >= 0.6 is 7.26 Å². The largest absolute Gasteiger partial charge is 1.00 e. The zero-order chi connectivity index (χ0) is 15.3. The van der Waals surface area contributed by atoms with Crippen molar-refractivity contribution in [1.82, 2.24) is 0 Å². The van der Waals surface area contributed by atoms with Crippen LogP contribution in [0.5, 0.6) is 0 Å². The van der Waals surface area contributed by atoms with E-state index in [1.807, 2.05) is 0 Å². The molecule has 24 heavy (non-hydrogen) atoms. The highest BCUT2D eigenvalue weighted by Gasteiger charge is 2.45. The summed E-state index contributed by atoms with van der Waals surface area (Å²) in [5.74, 6) is 0. The molecule has 0 heterocycles. The molecule has 0 aromatic heterocycles. The van der Waals surface area contributed by atoms with Crippen LogP contribution in [0, 0.1) is 0 Å². The van der Waals surface area contributed by atoms with E-state index < -0.39 is 7.26 Å². The highest BCUT2D eigenvalue weighted by atomic mass is 31.2. The molecular formula is C20H21F2OP. The van der Waals surface area contributed by atoms with Gasteiger partial charge in [-0.15, -0.1) is 0 Å². The number of benzene rings is 3. The van der Waals surface area contributed by atoms with Gasteiger partial charge in [0, 0.05) is 7.11 Å². The van der Waals surface area contributed by atoms with Crippen molar-refractivity contribution in [2.45, 2.75) is 0 Å². The third-order valence-corrected chi connectivity index (χ3v) is 8.10. The summed E-state index contributed by atoms with van der Waals surface area (Å²) in [5, 5.41) is 4.07. The minimum Gasteiger partial charge on any atom is -1.00 e. The number of hydrogen-bond acceptors (Lipinski definition) is 1. The number of hydrogen-bond donors (Lipinski definition) is 0. The molecule has 0 bridgehead atoms. The second-order valence-corrected chi connectivity index (χ2v) is 8.66. The van der Waals surface area contributed by atoms with E-state index in [0.29, 0.717) is 6.35 Å². The predicted molar refractivity (Wildman–Crippen MR) is 99.5 cm³/mol. The van der Waals surface area contributed by atoms with Crippen molar-refractivity contribution >= 4 is 23.2 Å². The van der Waals surface area contributed by atoms with Crippen LogP contribution in [0.1, 0.15) is 0 Å². The number of rotatable bonds is 5. The summed E-state index contributed by atoms with van der Waals surface area (Å²) in [6.07, 6.45) is 0.713. The van der Waals surface area contributed by atoms with Crippen molar-refractivity contribution in [3.8, 4) is 0 Å². The maximum Gasteiger partial charge on any atom is 0.170 e. The Balaban J connectivity index is 0.00000144. The van der Waals surface area contributed by atoms with E-state index >= 15 is 0 Å². The van der Waals surface area contributed by atoms with Crippen LogP contribution in [0.4, 0.5) is 4.70 Å². The van der Waals surface area contributed by atoms with Gasteiger partial charge >= 0.3 is 0 Å². The van der Waals surface area contributed by atoms with Crippen LogP contribution in [0.15, 0.2) is 91.0 Å². The lowest BCUT2D eigenvalue weighted by Crippen LogP contribution is -3.00. The number of ether oxygens (including phenoxy) is 1. The number of halogens is 2. The summed E-state index contributed by atoms with van der Waals surface area (Å²) in [4.78, 5) is 0. The fourth-order valence-electron chi connectivity index (χ4n) is 2.91. The van der Waals surface area contributed by atoms with E-state index in [9.17, 15) is 0 Å². The molecule has 3 aromatic rings. The Kier molecular flexibility index (Phi) is 7.70. The molecule has 0 amide bonds. The monoisotopic (exact) mass is 346 g/mol. The molecule has 0 aliphatic heterocycles. The Morgan fingerprint density at radius 2 is 0.917 bits per heavy atom. The van der Waals surface area contributed by atoms with Gasteiger partial charge in [0.25, 0.3) is 0 Å². The summed E-state index contributed by atoms with van der Waals surface area (Å²) in [5.41, 5.74) is 0. The quantitative estimate of drug-likeness (QED) is 0.620. The molecule has 126 valence electrons. The summed E-state index contributed by atoms with van der Waals surface area (Å²) in [6.45, 7) is 0. The van der Waals surface area contributed by atoms with E-state index in [2.05, 4.69) is 91.0 Å². The summed E-state index contributed by atoms with van der Waals surface area (Å²) in [6, 6.07) is 32.3. The number of methoxy groups -OCH3 is 1. The van der Waals surface area contributed by atoms with Gasteiger partial charge < -0.3 is 9.44 Å². The summed E-state index contributed by atoms with van der Waals surface area (Å²) >= 11 is 0. The highest BCUT2D eigenvalue weighted by Crippen LogP contribution is 2.54. The van der Waals surface area contributed by atoms with E-state index in [0.717, 1.165) is 0 Å². The molecule has 1 nitrogen and oxygen atoms in total. The Morgan fingerprint density at radius 3 is 1.17 bits per heavy atom. The van der Waals surface area contributed by atoms with Crippen LogP contribution in [0.2, 0.25) is 0 Å². The van der Waals surface area contributed by atoms with Crippen molar-refractivity contribution in [2.75, 3.05) is 13.5 Å². The van der Waals surface area contributed by atoms with E-state index in [1.54, 1.807) is 7.11 Å². The second-order valence-electron chi connectivity index (χ2n) is 5.23. The van der Waals surface area contributed by atoms with Gasteiger partial charge in [0.1, 0.15) is 23.2 Å². The van der Waals surface area contributed by atoms with Crippen molar-refractivity contribution in [3.05, 3.63) is 91.0 Å². The molecule has 0 aliphatic carbocycles. The van der Waals surface area contributed by atoms with Gasteiger partial charge in [-0.2, -0.15) is 0 Å². The molecule has 0 spiro atoms. The standard InChI is InChI=1S/C20H20OP.2FH/c1-21-17-22(18-11-5-2-6-12-18,19-13-7-3-8-14-19)20-15-9-4-10-16-20;;/h2-16H,17H2,1H3;2*1H/q+1;;/p-1. The van der Waals surface area contributed by atoms with Crippen LogP contribution in [0.25, 0.3) is 0 Å². The van der Waals surface area contributed by atoms with Gasteiger partial charge in [-0.25, -0.2) is 0 Å². The first-order valence-electron chi connectivity index (χ1n) is 7.42. The lowest BCUT2D eigenvalue weighted by atomic mass is 10.4. The fourth-order valence-corrected chi connectivity index (χ4v) is 6.68. The fraction of sp³-hybridized carbons (Fsp3) is 0.100. The summed E-state index contributed by atoms with van der Waals surface area (Å²) < 4.78 is 5.72. The molecule has 0 unspecified atom stereocenters. The second kappa shape index (κ2) is 9.27. The van der Waals surface area contributed by atoms with Gasteiger partial charge in [0.05, 0.1) is 0 Å². The summed E-state index contributed by atoms with van der Waals surface area (Å²) in [7, 11) is 0.0197. The van der Waals surface area contributed by atoms with Gasteiger partial charge in [-0.3, -0.25) is 4.70 Å². The van der Waals surface area contributed by atoms with Crippen molar-refractivity contribution in [2.24, 2.45) is 0 Å². The zero-order valence-electron chi connectivity index (χ0n) is 13.5.